The molecule has 4 nitrogen and oxygen atoms in total. The van der Waals surface area contributed by atoms with Gasteiger partial charge >= 0.3 is 0 Å². The van der Waals surface area contributed by atoms with Crippen LogP contribution in [-0.4, -0.2) is 9.59 Å². The lowest BCUT2D eigenvalue weighted by atomic mass is 10.2. The van der Waals surface area contributed by atoms with Crippen molar-refractivity contribution in [1.82, 2.24) is 15.0 Å². The van der Waals surface area contributed by atoms with Crippen LogP contribution in [0.1, 0.15) is 15.8 Å². The molecule has 0 aliphatic carbocycles. The van der Waals surface area contributed by atoms with Crippen LogP contribution < -0.4 is 11.3 Å². The van der Waals surface area contributed by atoms with Gasteiger partial charge in [-0.15, -0.1) is 16.4 Å². The van der Waals surface area contributed by atoms with Gasteiger partial charge < -0.3 is 0 Å². The second kappa shape index (κ2) is 3.93. The highest BCUT2D eigenvalue weighted by molar-refractivity contribution is 7.10. The van der Waals surface area contributed by atoms with Crippen molar-refractivity contribution in [3.05, 3.63) is 33.5 Å². The van der Waals surface area contributed by atoms with Gasteiger partial charge in [-0.3, -0.25) is 5.84 Å². The molecule has 0 spiro atoms. The van der Waals surface area contributed by atoms with Gasteiger partial charge in [-0.05, 0) is 23.0 Å². The SMILES string of the molecule is NNC(c1cccs1)c1cnns1. The zero-order valence-corrected chi connectivity index (χ0v) is 8.31. The van der Waals surface area contributed by atoms with Gasteiger partial charge in [-0.25, -0.2) is 5.43 Å². The minimum absolute atomic E-state index is 0.0278. The van der Waals surface area contributed by atoms with E-state index >= 15 is 0 Å². The average Bonchev–Trinajstić information content (AvgIpc) is 2.76. The van der Waals surface area contributed by atoms with Crippen LogP contribution in [0.4, 0.5) is 0 Å². The van der Waals surface area contributed by atoms with Gasteiger partial charge in [0, 0.05) is 4.88 Å². The zero-order chi connectivity index (χ0) is 9.10. The van der Waals surface area contributed by atoms with Crippen molar-refractivity contribution in [3.8, 4) is 0 Å². The number of nitrogens with zero attached hydrogens (tertiary/aromatic N) is 2. The number of thiophene rings is 1. The first-order valence-electron chi connectivity index (χ1n) is 3.68. The molecule has 0 aromatic carbocycles. The Kier molecular flexibility index (Phi) is 2.65. The van der Waals surface area contributed by atoms with Crippen molar-refractivity contribution in [2.75, 3.05) is 0 Å². The standard InChI is InChI=1S/C7H8N4S2/c8-10-7(5-2-1-3-12-5)6-4-9-11-13-6/h1-4,7,10H,8H2. The maximum atomic E-state index is 5.46. The smallest absolute Gasteiger partial charge is 0.0926 e. The van der Waals surface area contributed by atoms with E-state index in [2.05, 4.69) is 15.0 Å². The van der Waals surface area contributed by atoms with Gasteiger partial charge in [0.15, 0.2) is 0 Å². The normalized spacial score (nSPS) is 13.0. The third kappa shape index (κ3) is 1.75. The molecule has 0 fully saturated rings. The highest BCUT2D eigenvalue weighted by atomic mass is 32.1. The van der Waals surface area contributed by atoms with Crippen molar-refractivity contribution >= 4 is 22.9 Å². The van der Waals surface area contributed by atoms with Crippen LogP contribution in [0, 0.1) is 0 Å². The molecule has 6 heteroatoms. The molecule has 0 bridgehead atoms. The summed E-state index contributed by atoms with van der Waals surface area (Å²) < 4.78 is 3.80. The number of rotatable bonds is 3. The average molecular weight is 212 g/mol. The van der Waals surface area contributed by atoms with E-state index in [-0.39, 0.29) is 6.04 Å². The third-order valence-corrected chi connectivity index (χ3v) is 3.32. The summed E-state index contributed by atoms with van der Waals surface area (Å²) in [5.41, 5.74) is 2.75. The molecule has 1 unspecified atom stereocenters. The van der Waals surface area contributed by atoms with Gasteiger partial charge in [-0.2, -0.15) is 0 Å². The molecule has 0 aliphatic heterocycles. The fraction of sp³-hybridized carbons (Fsp3) is 0.143. The largest absolute Gasteiger partial charge is 0.271 e. The third-order valence-electron chi connectivity index (χ3n) is 1.66. The molecule has 0 aliphatic rings. The lowest BCUT2D eigenvalue weighted by Gasteiger charge is -2.09. The fourth-order valence-corrected chi connectivity index (χ4v) is 2.52. The van der Waals surface area contributed by atoms with Crippen LogP contribution >= 0.6 is 22.9 Å². The molecule has 1 atom stereocenters. The highest BCUT2D eigenvalue weighted by Gasteiger charge is 2.14. The van der Waals surface area contributed by atoms with Crippen molar-refractivity contribution in [3.63, 3.8) is 0 Å². The number of hydrogen-bond acceptors (Lipinski definition) is 6. The molecule has 13 heavy (non-hydrogen) atoms. The second-order valence-corrected chi connectivity index (χ2v) is 4.23. The van der Waals surface area contributed by atoms with Crippen LogP contribution in [-0.2, 0) is 0 Å². The zero-order valence-electron chi connectivity index (χ0n) is 6.68. The molecule has 68 valence electrons. The summed E-state index contributed by atoms with van der Waals surface area (Å²) in [6, 6.07) is 4.06. The predicted octanol–water partition coefficient (Wildman–Crippen LogP) is 1.15. The van der Waals surface area contributed by atoms with Crippen molar-refractivity contribution in [2.45, 2.75) is 6.04 Å². The monoisotopic (exact) mass is 212 g/mol. The molecule has 0 saturated carbocycles. The maximum Gasteiger partial charge on any atom is 0.0926 e. The van der Waals surface area contributed by atoms with Crippen molar-refractivity contribution in [2.24, 2.45) is 5.84 Å². The summed E-state index contributed by atoms with van der Waals surface area (Å²) >= 11 is 3.02. The summed E-state index contributed by atoms with van der Waals surface area (Å²) in [5.74, 6) is 5.46. The van der Waals surface area contributed by atoms with Crippen LogP contribution in [0.15, 0.2) is 23.7 Å². The Bertz CT molecular complexity index is 308. The minimum Gasteiger partial charge on any atom is -0.271 e. The Hall–Kier alpha value is -0.820. The van der Waals surface area contributed by atoms with Gasteiger partial charge in [0.1, 0.15) is 0 Å². The number of nitrogens with one attached hydrogen (secondary N) is 1. The number of aromatic nitrogens is 2. The number of nitrogens with two attached hydrogens (primary N) is 1. The van der Waals surface area contributed by atoms with E-state index < -0.39 is 0 Å². The number of hydrazine groups is 1. The molecular weight excluding hydrogens is 204 g/mol. The molecule has 0 saturated heterocycles. The van der Waals surface area contributed by atoms with Gasteiger partial charge in [0.2, 0.25) is 0 Å². The van der Waals surface area contributed by atoms with E-state index in [1.165, 1.54) is 16.4 Å². The van der Waals surface area contributed by atoms with Crippen LogP contribution in [0.3, 0.4) is 0 Å². The lowest BCUT2D eigenvalue weighted by Crippen LogP contribution is -2.27. The van der Waals surface area contributed by atoms with Crippen molar-refractivity contribution in [1.29, 1.82) is 0 Å². The summed E-state index contributed by atoms with van der Waals surface area (Å²) in [6.45, 7) is 0. The molecule has 0 amide bonds. The van der Waals surface area contributed by atoms with E-state index in [0.29, 0.717) is 0 Å². The van der Waals surface area contributed by atoms with E-state index in [1.54, 1.807) is 17.5 Å². The fourth-order valence-electron chi connectivity index (χ4n) is 1.06. The first-order chi connectivity index (χ1) is 6.42. The first-order valence-corrected chi connectivity index (χ1v) is 5.34. The molecule has 0 radical (unpaired) electrons. The van der Waals surface area contributed by atoms with Crippen LogP contribution in [0.25, 0.3) is 0 Å². The van der Waals surface area contributed by atoms with Crippen LogP contribution in [0.2, 0.25) is 0 Å². The van der Waals surface area contributed by atoms with E-state index in [4.69, 9.17) is 5.84 Å². The Morgan fingerprint density at radius 1 is 1.46 bits per heavy atom. The summed E-state index contributed by atoms with van der Waals surface area (Å²) in [6.07, 6.45) is 1.73. The minimum atomic E-state index is 0.0278. The second-order valence-electron chi connectivity index (χ2n) is 2.43. The Balaban J connectivity index is 2.29. The van der Waals surface area contributed by atoms with Gasteiger partial charge in [0.05, 0.1) is 17.1 Å². The first kappa shape index (κ1) is 8.76. The van der Waals surface area contributed by atoms with E-state index in [1.807, 2.05) is 17.5 Å². The topological polar surface area (TPSA) is 63.8 Å². The van der Waals surface area contributed by atoms with Crippen LogP contribution in [0.5, 0.6) is 0 Å². The summed E-state index contributed by atoms with van der Waals surface area (Å²) in [4.78, 5) is 2.21. The van der Waals surface area contributed by atoms with E-state index in [0.717, 1.165) is 4.88 Å². The maximum absolute atomic E-state index is 5.46. The van der Waals surface area contributed by atoms with Gasteiger partial charge in [-0.1, -0.05) is 10.6 Å². The molecule has 2 aromatic heterocycles. The highest BCUT2D eigenvalue weighted by Crippen LogP contribution is 2.26. The van der Waals surface area contributed by atoms with Crippen molar-refractivity contribution < 1.29 is 0 Å². The summed E-state index contributed by atoms with van der Waals surface area (Å²) in [5, 5.41) is 5.80. The van der Waals surface area contributed by atoms with Gasteiger partial charge in [0.25, 0.3) is 0 Å². The predicted molar refractivity (Wildman–Crippen MR) is 53.4 cm³/mol. The molecule has 2 aromatic rings. The molecule has 3 N–H and O–H groups in total. The molecular formula is C7H8N4S2. The summed E-state index contributed by atoms with van der Waals surface area (Å²) in [7, 11) is 0. The molecule has 2 heterocycles. The number of hydrogen-bond donors (Lipinski definition) is 2. The Morgan fingerprint density at radius 3 is 2.92 bits per heavy atom. The molecule has 2 rings (SSSR count). The quantitative estimate of drug-likeness (QED) is 0.592. The Labute approximate surface area is 83.5 Å². The Morgan fingerprint density at radius 2 is 2.38 bits per heavy atom. The van der Waals surface area contributed by atoms with E-state index in [9.17, 15) is 0 Å². The lowest BCUT2D eigenvalue weighted by molar-refractivity contribution is 0.655.